The Kier molecular flexibility index (Phi) is 1.89. The van der Waals surface area contributed by atoms with Crippen molar-refractivity contribution in [3.8, 4) is 0 Å². The van der Waals surface area contributed by atoms with Gasteiger partial charge in [-0.05, 0) is 30.2 Å². The number of rotatable bonds is 1. The Morgan fingerprint density at radius 3 is 2.92 bits per heavy atom. The van der Waals surface area contributed by atoms with Crippen LogP contribution in [0, 0.1) is 0 Å². The molecule has 0 saturated heterocycles. The SMILES string of the molecule is CCc1ccc2ncc(N)cc2c1. The molecule has 2 aromatic rings. The van der Waals surface area contributed by atoms with E-state index in [9.17, 15) is 0 Å². The summed E-state index contributed by atoms with van der Waals surface area (Å²) < 4.78 is 0. The van der Waals surface area contributed by atoms with Gasteiger partial charge >= 0.3 is 0 Å². The lowest BCUT2D eigenvalue weighted by atomic mass is 10.1. The largest absolute Gasteiger partial charge is 0.397 e. The van der Waals surface area contributed by atoms with Gasteiger partial charge in [0.15, 0.2) is 0 Å². The molecule has 0 saturated carbocycles. The van der Waals surface area contributed by atoms with Crippen molar-refractivity contribution >= 4 is 16.6 Å². The Morgan fingerprint density at radius 1 is 1.31 bits per heavy atom. The van der Waals surface area contributed by atoms with Crippen molar-refractivity contribution in [3.05, 3.63) is 36.0 Å². The molecule has 2 nitrogen and oxygen atoms in total. The molecular weight excluding hydrogens is 160 g/mol. The van der Waals surface area contributed by atoms with Gasteiger partial charge in [-0.1, -0.05) is 13.0 Å². The van der Waals surface area contributed by atoms with Crippen LogP contribution in [0.5, 0.6) is 0 Å². The Labute approximate surface area is 77.4 Å². The summed E-state index contributed by atoms with van der Waals surface area (Å²) in [6.07, 6.45) is 2.73. The zero-order valence-corrected chi connectivity index (χ0v) is 7.62. The molecule has 2 rings (SSSR count). The van der Waals surface area contributed by atoms with Crippen molar-refractivity contribution in [3.63, 3.8) is 0 Å². The number of anilines is 1. The molecule has 2 N–H and O–H groups in total. The number of nitrogen functional groups attached to an aromatic ring is 1. The maximum atomic E-state index is 5.65. The van der Waals surface area contributed by atoms with Crippen LogP contribution in [0.25, 0.3) is 10.9 Å². The number of nitrogens with zero attached hydrogens (tertiary/aromatic N) is 1. The van der Waals surface area contributed by atoms with Gasteiger partial charge in [-0.25, -0.2) is 0 Å². The number of benzene rings is 1. The lowest BCUT2D eigenvalue weighted by Crippen LogP contribution is -1.88. The second kappa shape index (κ2) is 3.05. The third-order valence-corrected chi connectivity index (χ3v) is 2.18. The Bertz CT molecular complexity index is 435. The van der Waals surface area contributed by atoms with E-state index in [2.05, 4.69) is 24.0 Å². The van der Waals surface area contributed by atoms with E-state index >= 15 is 0 Å². The first-order valence-corrected chi connectivity index (χ1v) is 4.44. The number of pyridine rings is 1. The average molecular weight is 172 g/mol. The van der Waals surface area contributed by atoms with Gasteiger partial charge in [-0.3, -0.25) is 4.98 Å². The van der Waals surface area contributed by atoms with Gasteiger partial charge in [0.2, 0.25) is 0 Å². The smallest absolute Gasteiger partial charge is 0.0703 e. The second-order valence-electron chi connectivity index (χ2n) is 3.15. The molecule has 0 bridgehead atoms. The minimum atomic E-state index is 0.723. The van der Waals surface area contributed by atoms with Gasteiger partial charge in [0.05, 0.1) is 17.4 Å². The molecule has 0 unspecified atom stereocenters. The van der Waals surface area contributed by atoms with Crippen LogP contribution < -0.4 is 5.73 Å². The number of aryl methyl sites for hydroxylation is 1. The highest BCUT2D eigenvalue weighted by Gasteiger charge is 1.96. The van der Waals surface area contributed by atoms with Crippen molar-refractivity contribution in [1.29, 1.82) is 0 Å². The van der Waals surface area contributed by atoms with E-state index in [1.807, 2.05) is 12.1 Å². The van der Waals surface area contributed by atoms with Crippen molar-refractivity contribution < 1.29 is 0 Å². The fourth-order valence-corrected chi connectivity index (χ4v) is 1.42. The van der Waals surface area contributed by atoms with Crippen molar-refractivity contribution in [2.24, 2.45) is 0 Å². The number of nitrogens with two attached hydrogens (primary N) is 1. The normalized spacial score (nSPS) is 10.5. The van der Waals surface area contributed by atoms with Crippen LogP contribution in [-0.2, 0) is 6.42 Å². The topological polar surface area (TPSA) is 38.9 Å². The van der Waals surface area contributed by atoms with Crippen molar-refractivity contribution in [1.82, 2.24) is 4.98 Å². The third-order valence-electron chi connectivity index (χ3n) is 2.18. The van der Waals surface area contributed by atoms with Gasteiger partial charge in [0.25, 0.3) is 0 Å². The van der Waals surface area contributed by atoms with Crippen LogP contribution in [0.4, 0.5) is 5.69 Å². The van der Waals surface area contributed by atoms with Gasteiger partial charge in [0, 0.05) is 5.39 Å². The van der Waals surface area contributed by atoms with Gasteiger partial charge in [-0.15, -0.1) is 0 Å². The van der Waals surface area contributed by atoms with Gasteiger partial charge in [-0.2, -0.15) is 0 Å². The summed E-state index contributed by atoms with van der Waals surface area (Å²) in [4.78, 5) is 4.23. The lowest BCUT2D eigenvalue weighted by Gasteiger charge is -2.01. The molecule has 0 atom stereocenters. The summed E-state index contributed by atoms with van der Waals surface area (Å²) >= 11 is 0. The highest BCUT2D eigenvalue weighted by atomic mass is 14.7. The Balaban J connectivity index is 2.68. The van der Waals surface area contributed by atoms with E-state index in [1.54, 1.807) is 6.20 Å². The zero-order valence-electron chi connectivity index (χ0n) is 7.62. The minimum absolute atomic E-state index is 0.723. The quantitative estimate of drug-likeness (QED) is 0.717. The minimum Gasteiger partial charge on any atom is -0.397 e. The number of hydrogen-bond acceptors (Lipinski definition) is 2. The van der Waals surface area contributed by atoms with Crippen LogP contribution in [0.15, 0.2) is 30.5 Å². The molecule has 2 heteroatoms. The molecule has 66 valence electrons. The molecule has 0 fully saturated rings. The maximum absolute atomic E-state index is 5.65. The summed E-state index contributed by atoms with van der Waals surface area (Å²) in [5.41, 5.74) is 8.70. The summed E-state index contributed by atoms with van der Waals surface area (Å²) in [6.45, 7) is 2.14. The fourth-order valence-electron chi connectivity index (χ4n) is 1.42. The molecule has 0 aliphatic rings. The molecule has 1 aromatic carbocycles. The number of aromatic nitrogens is 1. The number of fused-ring (bicyclic) bond motifs is 1. The average Bonchev–Trinajstić information content (AvgIpc) is 2.16. The van der Waals surface area contributed by atoms with E-state index in [0.29, 0.717) is 0 Å². The van der Waals surface area contributed by atoms with Crippen molar-refractivity contribution in [2.75, 3.05) is 5.73 Å². The van der Waals surface area contributed by atoms with Crippen LogP contribution >= 0.6 is 0 Å². The van der Waals surface area contributed by atoms with Crippen LogP contribution in [-0.4, -0.2) is 4.98 Å². The summed E-state index contributed by atoms with van der Waals surface area (Å²) in [5, 5.41) is 1.12. The standard InChI is InChI=1S/C11H12N2/c1-2-8-3-4-11-9(5-8)6-10(12)7-13-11/h3-7H,2,12H2,1H3. The predicted molar refractivity (Wildman–Crippen MR) is 55.5 cm³/mol. The summed E-state index contributed by atoms with van der Waals surface area (Å²) in [5.74, 6) is 0. The second-order valence-corrected chi connectivity index (χ2v) is 3.15. The van der Waals surface area contributed by atoms with E-state index in [-0.39, 0.29) is 0 Å². The molecule has 1 aromatic heterocycles. The zero-order chi connectivity index (χ0) is 9.26. The first kappa shape index (κ1) is 8.05. The summed E-state index contributed by atoms with van der Waals surface area (Å²) in [7, 11) is 0. The van der Waals surface area contributed by atoms with E-state index in [1.165, 1.54) is 5.56 Å². The molecule has 1 heterocycles. The number of hydrogen-bond donors (Lipinski definition) is 1. The third kappa shape index (κ3) is 1.47. The molecule has 0 spiro atoms. The van der Waals surface area contributed by atoms with Crippen LogP contribution in [0.2, 0.25) is 0 Å². The fraction of sp³-hybridized carbons (Fsp3) is 0.182. The van der Waals surface area contributed by atoms with Gasteiger partial charge in [0.1, 0.15) is 0 Å². The Morgan fingerprint density at radius 2 is 2.15 bits per heavy atom. The first-order chi connectivity index (χ1) is 6.29. The molecule has 0 amide bonds. The molecular formula is C11H12N2. The van der Waals surface area contributed by atoms with Crippen molar-refractivity contribution in [2.45, 2.75) is 13.3 Å². The highest BCUT2D eigenvalue weighted by molar-refractivity contribution is 5.81. The van der Waals surface area contributed by atoms with Crippen LogP contribution in [0.3, 0.4) is 0 Å². The summed E-state index contributed by atoms with van der Waals surface area (Å²) in [6, 6.07) is 8.24. The van der Waals surface area contributed by atoms with Gasteiger partial charge < -0.3 is 5.73 Å². The molecule has 0 aliphatic carbocycles. The monoisotopic (exact) mass is 172 g/mol. The van der Waals surface area contributed by atoms with E-state index < -0.39 is 0 Å². The highest BCUT2D eigenvalue weighted by Crippen LogP contribution is 2.16. The van der Waals surface area contributed by atoms with E-state index in [0.717, 1.165) is 23.0 Å². The first-order valence-electron chi connectivity index (χ1n) is 4.44. The lowest BCUT2D eigenvalue weighted by molar-refractivity contribution is 1.14. The Hall–Kier alpha value is -1.57. The molecule has 0 radical (unpaired) electrons. The predicted octanol–water partition coefficient (Wildman–Crippen LogP) is 2.38. The van der Waals surface area contributed by atoms with Crippen LogP contribution in [0.1, 0.15) is 12.5 Å². The maximum Gasteiger partial charge on any atom is 0.0703 e. The van der Waals surface area contributed by atoms with E-state index in [4.69, 9.17) is 5.73 Å². The molecule has 0 aliphatic heterocycles. The molecule has 13 heavy (non-hydrogen) atoms.